The van der Waals surface area contributed by atoms with Crippen LogP contribution in [0.5, 0.6) is 0 Å². The van der Waals surface area contributed by atoms with Gasteiger partial charge in [-0.2, -0.15) is 0 Å². The highest BCUT2D eigenvalue weighted by Gasteiger charge is 2.62. The van der Waals surface area contributed by atoms with Crippen LogP contribution in [-0.2, 0) is 14.6 Å². The molecule has 2 fully saturated rings. The van der Waals surface area contributed by atoms with E-state index in [0.717, 1.165) is 0 Å². The number of carbonyl (C=O) groups excluding carboxylic acids is 1. The minimum absolute atomic E-state index is 0.178. The lowest BCUT2D eigenvalue weighted by atomic mass is 10.3. The third-order valence-electron chi connectivity index (χ3n) is 4.32. The number of amides is 1. The maximum atomic E-state index is 12.8. The van der Waals surface area contributed by atoms with Crippen molar-refractivity contribution < 1.29 is 18.3 Å². The number of aliphatic hydroxyl groups excluding tert-OH is 1. The highest BCUT2D eigenvalue weighted by Crippen LogP contribution is 2.48. The Labute approximate surface area is 130 Å². The molecule has 22 heavy (non-hydrogen) atoms. The molecule has 0 unspecified atom stereocenters. The molecule has 1 aromatic rings. The topological polar surface area (TPSA) is 86.7 Å². The first-order valence-corrected chi connectivity index (χ1v) is 8.93. The predicted octanol–water partition coefficient (Wildman–Crippen LogP) is -0.214. The van der Waals surface area contributed by atoms with Crippen LogP contribution in [0.1, 0.15) is 12.8 Å². The molecule has 1 heterocycles. The number of β-amino-alcohol motifs (C(OH)–C–C–N with tert-alkyl or cyclic N) is 1. The zero-order chi connectivity index (χ0) is 15.8. The summed E-state index contributed by atoms with van der Waals surface area (Å²) in [6.07, 6.45) is 0.0355. The molecule has 3 rings (SSSR count). The molecule has 2 aliphatic rings. The molecule has 1 atom stereocenters. The number of nitrogens with zero attached hydrogens (tertiary/aromatic N) is 1. The van der Waals surface area contributed by atoms with Crippen molar-refractivity contribution in [1.82, 2.24) is 10.2 Å². The number of hydrogen-bond donors (Lipinski definition) is 2. The first kappa shape index (κ1) is 15.5. The van der Waals surface area contributed by atoms with Gasteiger partial charge in [0.05, 0.1) is 11.0 Å². The minimum atomic E-state index is -3.70. The maximum absolute atomic E-state index is 12.8. The van der Waals surface area contributed by atoms with Crippen molar-refractivity contribution in [3.05, 3.63) is 30.3 Å². The third kappa shape index (κ3) is 2.53. The van der Waals surface area contributed by atoms with E-state index in [4.69, 9.17) is 0 Å². The van der Waals surface area contributed by atoms with Crippen molar-refractivity contribution in [2.24, 2.45) is 0 Å². The number of rotatable bonds is 3. The van der Waals surface area contributed by atoms with E-state index in [1.54, 1.807) is 18.2 Å². The number of nitrogens with one attached hydrogen (secondary N) is 1. The molecule has 1 saturated carbocycles. The summed E-state index contributed by atoms with van der Waals surface area (Å²) in [4.78, 5) is 14.5. The lowest BCUT2D eigenvalue weighted by Crippen LogP contribution is -2.47. The van der Waals surface area contributed by atoms with E-state index in [1.165, 1.54) is 17.0 Å². The lowest BCUT2D eigenvalue weighted by molar-refractivity contribution is -0.132. The maximum Gasteiger partial charge on any atom is 0.244 e. The standard InChI is InChI=1S/C15H20N2O4S/c18-12-10-16-8-9-17(11-12)14(19)15(6-7-15)22(20,21)13-4-2-1-3-5-13/h1-5,12,16,18H,6-11H2/t12-/m1/s1. The van der Waals surface area contributed by atoms with E-state index in [2.05, 4.69) is 5.32 Å². The van der Waals surface area contributed by atoms with Crippen molar-refractivity contribution in [2.45, 2.75) is 28.6 Å². The van der Waals surface area contributed by atoms with E-state index >= 15 is 0 Å². The van der Waals surface area contributed by atoms with E-state index in [0.29, 0.717) is 32.5 Å². The Morgan fingerprint density at radius 1 is 1.27 bits per heavy atom. The fraction of sp³-hybridized carbons (Fsp3) is 0.533. The molecular weight excluding hydrogens is 304 g/mol. The summed E-state index contributed by atoms with van der Waals surface area (Å²) in [6.45, 7) is 1.58. The van der Waals surface area contributed by atoms with Crippen molar-refractivity contribution in [1.29, 1.82) is 0 Å². The van der Waals surface area contributed by atoms with Crippen LogP contribution in [0.3, 0.4) is 0 Å². The van der Waals surface area contributed by atoms with Gasteiger partial charge in [0.15, 0.2) is 14.6 Å². The van der Waals surface area contributed by atoms with E-state index in [-0.39, 0.29) is 17.3 Å². The Balaban J connectivity index is 1.88. The molecule has 1 saturated heterocycles. The number of hydrogen-bond acceptors (Lipinski definition) is 5. The molecule has 1 aliphatic carbocycles. The van der Waals surface area contributed by atoms with Gasteiger partial charge in [0.25, 0.3) is 0 Å². The highest BCUT2D eigenvalue weighted by atomic mass is 32.2. The summed E-state index contributed by atoms with van der Waals surface area (Å²) in [6, 6.07) is 8.13. The number of benzene rings is 1. The second-order valence-corrected chi connectivity index (χ2v) is 8.18. The summed E-state index contributed by atoms with van der Waals surface area (Å²) >= 11 is 0. The van der Waals surface area contributed by atoms with Gasteiger partial charge in [-0.25, -0.2) is 8.42 Å². The third-order valence-corrected chi connectivity index (χ3v) is 6.82. The van der Waals surface area contributed by atoms with Crippen LogP contribution in [0.4, 0.5) is 0 Å². The Hall–Kier alpha value is -1.44. The summed E-state index contributed by atoms with van der Waals surface area (Å²) < 4.78 is 24.3. The van der Waals surface area contributed by atoms with Crippen LogP contribution in [0, 0.1) is 0 Å². The summed E-state index contributed by atoms with van der Waals surface area (Å²) in [5, 5.41) is 12.8. The summed E-state index contributed by atoms with van der Waals surface area (Å²) in [5.74, 6) is -0.376. The van der Waals surface area contributed by atoms with Crippen molar-refractivity contribution >= 4 is 15.7 Å². The molecule has 1 aliphatic heterocycles. The number of aliphatic hydroxyl groups is 1. The van der Waals surface area contributed by atoms with Gasteiger partial charge >= 0.3 is 0 Å². The van der Waals surface area contributed by atoms with E-state index < -0.39 is 20.7 Å². The van der Waals surface area contributed by atoms with Crippen LogP contribution in [0.2, 0.25) is 0 Å². The van der Waals surface area contributed by atoms with Crippen LogP contribution in [0.25, 0.3) is 0 Å². The van der Waals surface area contributed by atoms with Gasteiger partial charge in [-0.1, -0.05) is 18.2 Å². The van der Waals surface area contributed by atoms with Gasteiger partial charge in [-0.05, 0) is 25.0 Å². The normalized spacial score (nSPS) is 24.6. The predicted molar refractivity (Wildman–Crippen MR) is 81.0 cm³/mol. The Bertz CT molecular complexity index is 655. The first-order valence-electron chi connectivity index (χ1n) is 7.45. The molecule has 1 aromatic carbocycles. The van der Waals surface area contributed by atoms with Crippen LogP contribution in [0.15, 0.2) is 35.2 Å². The van der Waals surface area contributed by atoms with E-state index in [9.17, 15) is 18.3 Å². The average molecular weight is 324 g/mol. The monoisotopic (exact) mass is 324 g/mol. The fourth-order valence-corrected chi connectivity index (χ4v) is 4.87. The number of sulfone groups is 1. The highest BCUT2D eigenvalue weighted by molar-refractivity contribution is 7.94. The van der Waals surface area contributed by atoms with Crippen molar-refractivity contribution in [2.75, 3.05) is 26.2 Å². The van der Waals surface area contributed by atoms with Crippen LogP contribution < -0.4 is 5.32 Å². The van der Waals surface area contributed by atoms with Gasteiger partial charge in [0, 0.05) is 26.2 Å². The summed E-state index contributed by atoms with van der Waals surface area (Å²) in [5.41, 5.74) is 0. The molecular formula is C15H20N2O4S. The zero-order valence-electron chi connectivity index (χ0n) is 12.2. The zero-order valence-corrected chi connectivity index (χ0v) is 13.1. The van der Waals surface area contributed by atoms with Gasteiger partial charge in [0.2, 0.25) is 5.91 Å². The molecule has 120 valence electrons. The smallest absolute Gasteiger partial charge is 0.244 e. The molecule has 1 amide bonds. The fourth-order valence-electron chi connectivity index (χ4n) is 2.90. The number of carbonyl (C=O) groups is 1. The molecule has 0 aromatic heterocycles. The van der Waals surface area contributed by atoms with Crippen molar-refractivity contribution in [3.8, 4) is 0 Å². The van der Waals surface area contributed by atoms with E-state index in [1.807, 2.05) is 0 Å². The minimum Gasteiger partial charge on any atom is -0.390 e. The Kier molecular flexibility index (Phi) is 3.96. The molecule has 6 nitrogen and oxygen atoms in total. The van der Waals surface area contributed by atoms with Gasteiger partial charge in [-0.3, -0.25) is 4.79 Å². The second kappa shape index (κ2) is 5.64. The Morgan fingerprint density at radius 3 is 2.59 bits per heavy atom. The molecule has 7 heteroatoms. The van der Waals surface area contributed by atoms with Crippen molar-refractivity contribution in [3.63, 3.8) is 0 Å². The molecule has 2 N–H and O–H groups in total. The van der Waals surface area contributed by atoms with Crippen LogP contribution >= 0.6 is 0 Å². The van der Waals surface area contributed by atoms with Crippen LogP contribution in [-0.4, -0.2) is 61.4 Å². The summed E-state index contributed by atoms with van der Waals surface area (Å²) in [7, 11) is -3.70. The molecule has 0 spiro atoms. The van der Waals surface area contributed by atoms with Gasteiger partial charge < -0.3 is 15.3 Å². The second-order valence-electron chi connectivity index (χ2n) is 5.92. The lowest BCUT2D eigenvalue weighted by Gasteiger charge is -2.26. The Morgan fingerprint density at radius 2 is 1.95 bits per heavy atom. The van der Waals surface area contributed by atoms with Gasteiger partial charge in [-0.15, -0.1) is 0 Å². The quantitative estimate of drug-likeness (QED) is 0.803. The average Bonchev–Trinajstić information content (AvgIpc) is 3.33. The molecule has 0 bridgehead atoms. The SMILES string of the molecule is O=C(N1CCNC[C@@H](O)C1)C1(S(=O)(=O)c2ccccc2)CC1. The molecule has 0 radical (unpaired) electrons. The first-order chi connectivity index (χ1) is 10.5. The van der Waals surface area contributed by atoms with Gasteiger partial charge in [0.1, 0.15) is 0 Å². The largest absolute Gasteiger partial charge is 0.390 e.